The summed E-state index contributed by atoms with van der Waals surface area (Å²) in [6.07, 6.45) is -2.45. The van der Waals surface area contributed by atoms with Crippen molar-refractivity contribution in [2.24, 2.45) is 0 Å². The Morgan fingerprint density at radius 3 is 2.17 bits per heavy atom. The first kappa shape index (κ1) is 6.60. The van der Waals surface area contributed by atoms with E-state index in [2.05, 4.69) is 16.8 Å². The maximum atomic E-state index is 10.2. The second kappa shape index (κ2) is 2.06. The van der Waals surface area contributed by atoms with Crippen molar-refractivity contribution in [2.75, 3.05) is 7.11 Å². The molecule has 0 saturated carbocycles. The van der Waals surface area contributed by atoms with Gasteiger partial charge < -0.3 is 4.52 Å². The predicted octanol–water partition coefficient (Wildman–Crippen LogP) is 0.304. The minimum Gasteiger partial charge on any atom is -0.332 e. The second-order valence-corrected chi connectivity index (χ2v) is 5.14. The van der Waals surface area contributed by atoms with Crippen LogP contribution in [0, 0.1) is 0 Å². The van der Waals surface area contributed by atoms with Gasteiger partial charge in [0.15, 0.2) is 0 Å². The Labute approximate surface area is 43.2 Å². The van der Waals surface area contributed by atoms with E-state index in [1.165, 1.54) is 14.7 Å². The van der Waals surface area contributed by atoms with Gasteiger partial charge in [0.1, 0.15) is 0 Å². The van der Waals surface area contributed by atoms with Gasteiger partial charge in [0.2, 0.25) is 14.0 Å². The van der Waals surface area contributed by atoms with Crippen LogP contribution in [0.4, 0.5) is 0 Å². The molecule has 0 heterocycles. The van der Waals surface area contributed by atoms with Crippen LogP contribution in [-0.2, 0) is 9.09 Å². The Balaban J connectivity index is 3.48. The molecule has 0 spiro atoms. The van der Waals surface area contributed by atoms with E-state index >= 15 is 0 Å². The van der Waals surface area contributed by atoms with Crippen molar-refractivity contribution in [2.45, 2.75) is 0 Å². The van der Waals surface area contributed by atoms with Crippen molar-refractivity contribution in [1.82, 2.24) is 0 Å². The van der Waals surface area contributed by atoms with Crippen LogP contribution in [-0.4, -0.2) is 14.7 Å². The first-order chi connectivity index (χ1) is 2.56. The summed E-state index contributed by atoms with van der Waals surface area (Å²) in [5.74, 6) is 0. The molecule has 0 bridgehead atoms. The highest BCUT2D eigenvalue weighted by atomic mass is 32.7. The number of hydrogen-bond donors (Lipinski definition) is 1. The molecule has 0 N–H and O–H groups in total. The van der Waals surface area contributed by atoms with E-state index in [1.807, 2.05) is 0 Å². The van der Waals surface area contributed by atoms with Crippen LogP contribution in [0.3, 0.4) is 0 Å². The summed E-state index contributed by atoms with van der Waals surface area (Å²) < 4.78 is 14.6. The Morgan fingerprint density at radius 2 is 2.17 bits per heavy atom. The van der Waals surface area contributed by atoms with Crippen LogP contribution in [0.5, 0.6) is 0 Å². The highest BCUT2D eigenvalue weighted by molar-refractivity contribution is 8.54. The van der Waals surface area contributed by atoms with Crippen LogP contribution >= 0.6 is 18.7 Å². The minimum absolute atomic E-state index is 1.37. The molecule has 0 aliphatic heterocycles. The summed E-state index contributed by atoms with van der Waals surface area (Å²) in [4.78, 5) is 0. The van der Waals surface area contributed by atoms with E-state index in [9.17, 15) is 4.57 Å². The molecule has 0 aliphatic rings. The standard InChI is InChI=1S/CH6BO2PS/c1-4-5(2,3)6/h2H2,1H3,(H,3,6). The quantitative estimate of drug-likeness (QED) is 0.309. The molecule has 0 aromatic rings. The van der Waals surface area contributed by atoms with E-state index < -0.39 is 6.45 Å². The molecular weight excluding hydrogens is 118 g/mol. The number of rotatable bonds is 1. The largest absolute Gasteiger partial charge is 0.332 e. The Hall–Kier alpha value is 0.605. The monoisotopic (exact) mass is 124 g/mol. The highest BCUT2D eigenvalue weighted by Crippen LogP contribution is 2.44. The lowest BCUT2D eigenvalue weighted by atomic mass is 10.8. The van der Waals surface area contributed by atoms with Gasteiger partial charge in [0.25, 0.3) is 0 Å². The zero-order valence-corrected chi connectivity index (χ0v) is 5.50. The van der Waals surface area contributed by atoms with Crippen LogP contribution in [0.1, 0.15) is 0 Å². The first-order valence-electron chi connectivity index (χ1n) is 1.42. The van der Waals surface area contributed by atoms with Crippen LogP contribution < -0.4 is 0 Å². The van der Waals surface area contributed by atoms with Gasteiger partial charge in [-0.05, 0) is 0 Å². The lowest BCUT2D eigenvalue weighted by molar-refractivity contribution is 0.423. The molecule has 36 valence electrons. The van der Waals surface area contributed by atoms with E-state index in [4.69, 9.17) is 0 Å². The Morgan fingerprint density at radius 1 is 2.00 bits per heavy atom. The smallest absolute Gasteiger partial charge is 0.229 e. The maximum Gasteiger partial charge on any atom is 0.229 e. The molecule has 0 aliphatic carbocycles. The van der Waals surface area contributed by atoms with Crippen molar-refractivity contribution in [1.29, 1.82) is 0 Å². The third-order valence-electron chi connectivity index (χ3n) is 0.339. The molecule has 1 unspecified atom stereocenters. The molecule has 0 amide bonds. The molecule has 0 aromatic heterocycles. The molecule has 5 heteroatoms. The lowest BCUT2D eigenvalue weighted by Crippen LogP contribution is -1.69. The Bertz CT molecular complexity index is 77.6. The lowest BCUT2D eigenvalue weighted by Gasteiger charge is -1.97. The van der Waals surface area contributed by atoms with E-state index in [1.54, 1.807) is 0 Å². The third kappa shape index (κ3) is 4.60. The molecular formula is CH6BO2PS. The molecule has 2 nitrogen and oxygen atoms in total. The average molecular weight is 124 g/mol. The van der Waals surface area contributed by atoms with Crippen LogP contribution in [0.2, 0.25) is 0 Å². The fourth-order valence-corrected chi connectivity index (χ4v) is 0. The van der Waals surface area contributed by atoms with E-state index in [0.29, 0.717) is 0 Å². The molecule has 0 fully saturated rings. The molecule has 0 saturated heterocycles. The summed E-state index contributed by atoms with van der Waals surface area (Å²) in [5, 5.41) is 0. The van der Waals surface area contributed by atoms with Crippen molar-refractivity contribution in [3.05, 3.63) is 0 Å². The average Bonchev–Trinajstić information content (AvgIpc) is 1.35. The third-order valence-corrected chi connectivity index (χ3v) is 1.51. The second-order valence-electron chi connectivity index (χ2n) is 0.986. The zero-order chi connectivity index (χ0) is 5.21. The first-order valence-corrected chi connectivity index (χ1v) is 4.65. The molecule has 0 aromatic carbocycles. The number of hydrogen-bond acceptors (Lipinski definition) is 2. The molecule has 0 radical (unpaired) electrons. The van der Waals surface area contributed by atoms with E-state index in [0.717, 1.165) is 0 Å². The topological polar surface area (TPSA) is 26.3 Å². The maximum absolute atomic E-state index is 10.2. The summed E-state index contributed by atoms with van der Waals surface area (Å²) in [5.41, 5.74) is 0. The van der Waals surface area contributed by atoms with E-state index in [-0.39, 0.29) is 0 Å². The van der Waals surface area contributed by atoms with Crippen molar-refractivity contribution in [3.63, 3.8) is 0 Å². The fourth-order valence-electron chi connectivity index (χ4n) is 0. The van der Waals surface area contributed by atoms with Gasteiger partial charge in [-0.2, -0.15) is 0 Å². The summed E-state index contributed by atoms with van der Waals surface area (Å²) in [6.45, 7) is 0. The summed E-state index contributed by atoms with van der Waals surface area (Å²) >= 11 is 3.59. The highest BCUT2D eigenvalue weighted by Gasteiger charge is 2.01. The predicted molar refractivity (Wildman–Crippen MR) is 32.1 cm³/mol. The van der Waals surface area contributed by atoms with Gasteiger partial charge in [0, 0.05) is 7.11 Å². The zero-order valence-electron chi connectivity index (χ0n) is 3.71. The SMILES string of the molecule is BP(=O)(S)OC. The minimum atomic E-state index is -2.45. The summed E-state index contributed by atoms with van der Waals surface area (Å²) in [6, 6.07) is 0. The van der Waals surface area contributed by atoms with Crippen molar-refractivity contribution >= 4 is 26.3 Å². The van der Waals surface area contributed by atoms with Crippen LogP contribution in [0.15, 0.2) is 0 Å². The van der Waals surface area contributed by atoms with Gasteiger partial charge >= 0.3 is 0 Å². The van der Waals surface area contributed by atoms with Gasteiger partial charge in [0.05, 0.1) is 0 Å². The van der Waals surface area contributed by atoms with Crippen molar-refractivity contribution < 1.29 is 9.09 Å². The van der Waals surface area contributed by atoms with Crippen LogP contribution in [0.25, 0.3) is 0 Å². The van der Waals surface area contributed by atoms with Gasteiger partial charge in [-0.15, -0.1) is 0 Å². The normalized spacial score (nSPS) is 19.7. The molecule has 1 atom stereocenters. The fraction of sp³-hybridized carbons (Fsp3) is 1.00. The van der Waals surface area contributed by atoms with Gasteiger partial charge in [-0.3, -0.25) is 4.57 Å². The molecule has 0 rings (SSSR count). The number of thiol groups is 1. The molecule has 6 heavy (non-hydrogen) atoms. The van der Waals surface area contributed by atoms with Crippen molar-refractivity contribution in [3.8, 4) is 0 Å². The Kier molecular flexibility index (Phi) is 2.26. The summed E-state index contributed by atoms with van der Waals surface area (Å²) in [7, 11) is 2.81. The van der Waals surface area contributed by atoms with Gasteiger partial charge in [-0.25, -0.2) is 0 Å². The van der Waals surface area contributed by atoms with Gasteiger partial charge in [-0.1, -0.05) is 12.2 Å².